The Balaban J connectivity index is 3.56. The molecule has 0 aliphatic carbocycles. The number of carbonyl (C=O) groups is 1. The van der Waals surface area contributed by atoms with Crippen LogP contribution >= 0.6 is 0 Å². The summed E-state index contributed by atoms with van der Waals surface area (Å²) in [7, 11) is 0. The molecule has 0 radical (unpaired) electrons. The summed E-state index contributed by atoms with van der Waals surface area (Å²) in [6.07, 6.45) is 0. The van der Waals surface area contributed by atoms with Gasteiger partial charge in [-0.05, 0) is 0 Å². The topological polar surface area (TPSA) is 29.1 Å². The summed E-state index contributed by atoms with van der Waals surface area (Å²) in [6.45, 7) is 3.39. The van der Waals surface area contributed by atoms with Gasteiger partial charge in [-0.2, -0.15) is 0 Å². The van der Waals surface area contributed by atoms with Gasteiger partial charge in [-0.25, -0.2) is 0 Å². The van der Waals surface area contributed by atoms with E-state index < -0.39 is 0 Å². The summed E-state index contributed by atoms with van der Waals surface area (Å²) in [4.78, 5) is 10.3. The minimum atomic E-state index is 0.00889. The monoisotopic (exact) mass is 121 g/mol. The molecule has 0 aliphatic heterocycles. The van der Waals surface area contributed by atoms with Crippen molar-refractivity contribution in [2.75, 3.05) is 0 Å². The molecule has 0 fully saturated rings. The number of rotatable bonds is 1. The van der Waals surface area contributed by atoms with Gasteiger partial charge >= 0.3 is 66.8 Å². The third-order valence-electron chi connectivity index (χ3n) is 0.806. The van der Waals surface area contributed by atoms with Crippen LogP contribution in [0.25, 0.3) is 0 Å². The number of allylic oxidation sites excluding steroid dienone is 1. The number of carbonyl (C=O) groups excluding carboxylic acids is 1. The molecular formula is C5H8NNaO. The van der Waals surface area contributed by atoms with Crippen LogP contribution < -0.4 is 5.32 Å². The predicted molar refractivity (Wildman–Crippen MR) is 33.3 cm³/mol. The van der Waals surface area contributed by atoms with Gasteiger partial charge in [-0.3, -0.25) is 0 Å². The molecule has 0 atom stereocenters. The van der Waals surface area contributed by atoms with E-state index in [-0.39, 0.29) is 5.91 Å². The molecule has 0 rings (SSSR count). The van der Waals surface area contributed by atoms with Crippen LogP contribution in [0.2, 0.25) is 0 Å². The summed E-state index contributed by atoms with van der Waals surface area (Å²) in [5, 5.41) is 2.65. The second-order valence-corrected chi connectivity index (χ2v) is 2.23. The second-order valence-electron chi connectivity index (χ2n) is 1.65. The van der Waals surface area contributed by atoms with Crippen molar-refractivity contribution in [2.24, 2.45) is 0 Å². The van der Waals surface area contributed by atoms with Crippen molar-refractivity contribution in [1.82, 2.24) is 5.32 Å². The molecule has 40 valence electrons. The third-order valence-corrected chi connectivity index (χ3v) is 1.67. The van der Waals surface area contributed by atoms with Gasteiger partial charge in [-0.1, -0.05) is 0 Å². The van der Waals surface area contributed by atoms with Gasteiger partial charge in [0.15, 0.2) is 0 Å². The molecule has 0 aromatic heterocycles. The molecule has 0 unspecified atom stereocenters. The van der Waals surface area contributed by atoms with Crippen molar-refractivity contribution in [3.8, 4) is 0 Å². The first-order chi connectivity index (χ1) is 3.66. The first-order valence-electron chi connectivity index (χ1n) is 2.57. The van der Waals surface area contributed by atoms with Gasteiger partial charge in [0.05, 0.1) is 0 Å². The van der Waals surface area contributed by atoms with Crippen molar-refractivity contribution in [3.63, 3.8) is 0 Å². The summed E-state index contributed by atoms with van der Waals surface area (Å²) >= 11 is 1.00. The van der Waals surface area contributed by atoms with E-state index in [0.717, 1.165) is 33.6 Å². The van der Waals surface area contributed by atoms with Crippen LogP contribution in [0.1, 0.15) is 13.8 Å². The Hall–Kier alpha value is 0.210. The summed E-state index contributed by atoms with van der Waals surface area (Å²) in [6, 6.07) is 0. The molecule has 0 aromatic carbocycles. The Bertz CT molecular complexity index is 120. The predicted octanol–water partition coefficient (Wildman–Crippen LogP) is 0.152. The van der Waals surface area contributed by atoms with Crippen molar-refractivity contribution >= 4 is 33.8 Å². The fraction of sp³-hybridized carbons (Fsp3) is 0.400. The molecule has 2 nitrogen and oxygen atoms in total. The molecule has 0 saturated carbocycles. The maximum absolute atomic E-state index is 10.3. The zero-order valence-corrected chi connectivity index (χ0v) is 7.49. The normalized spacial score (nSPS) is 11.2. The number of hydrogen-bond acceptors (Lipinski definition) is 1. The summed E-state index contributed by atoms with van der Waals surface area (Å²) < 4.78 is 1.99. The molecule has 0 aliphatic rings. The molecule has 0 spiro atoms. The Morgan fingerprint density at radius 3 is 2.25 bits per heavy atom. The van der Waals surface area contributed by atoms with E-state index in [2.05, 4.69) is 5.32 Å². The van der Waals surface area contributed by atoms with Crippen LogP contribution in [-0.4, -0.2) is 33.8 Å². The molecule has 0 saturated heterocycles. The first-order valence-corrected chi connectivity index (χ1v) is 3.72. The molecule has 1 amide bonds. The molecule has 0 aromatic rings. The van der Waals surface area contributed by atoms with Crippen LogP contribution in [0.4, 0.5) is 0 Å². The molecule has 8 heavy (non-hydrogen) atoms. The SMILES string of the molecule is CC(=O)N/C(C)=[CH]\[Na]. The van der Waals surface area contributed by atoms with E-state index in [1.165, 1.54) is 6.92 Å². The van der Waals surface area contributed by atoms with E-state index in [9.17, 15) is 4.79 Å². The number of hydrogen-bond donors (Lipinski definition) is 1. The van der Waals surface area contributed by atoms with Gasteiger partial charge in [0.25, 0.3) is 0 Å². The Morgan fingerprint density at radius 1 is 1.62 bits per heavy atom. The van der Waals surface area contributed by atoms with Crippen LogP contribution in [0.5, 0.6) is 0 Å². The number of nitrogens with one attached hydrogen (secondary N) is 1. The van der Waals surface area contributed by atoms with E-state index in [1.807, 2.05) is 10.2 Å². The van der Waals surface area contributed by atoms with E-state index in [4.69, 9.17) is 0 Å². The zero-order valence-electron chi connectivity index (χ0n) is 5.49. The molecule has 0 bridgehead atoms. The van der Waals surface area contributed by atoms with E-state index in [1.54, 1.807) is 0 Å². The van der Waals surface area contributed by atoms with Gasteiger partial charge in [0, 0.05) is 0 Å². The Morgan fingerprint density at radius 2 is 2.12 bits per heavy atom. The fourth-order valence-electron chi connectivity index (χ4n) is 0.350. The first kappa shape index (κ1) is 8.21. The van der Waals surface area contributed by atoms with E-state index in [0.29, 0.717) is 0 Å². The standard InChI is InChI=1S/C5H8NO.Na/c1-4(2)6-5(3)7;/h1H,2-3H3,(H,6,7);. The van der Waals surface area contributed by atoms with Gasteiger partial charge in [0.2, 0.25) is 0 Å². The molecule has 0 heterocycles. The summed E-state index contributed by atoms with van der Waals surface area (Å²) in [5.74, 6) is 0.00889. The maximum atomic E-state index is 10.3. The Labute approximate surface area is 66.8 Å². The van der Waals surface area contributed by atoms with Crippen LogP contribution in [0, 0.1) is 0 Å². The van der Waals surface area contributed by atoms with Crippen molar-refractivity contribution in [3.05, 3.63) is 9.02 Å². The quantitative estimate of drug-likeness (QED) is 0.491. The van der Waals surface area contributed by atoms with Gasteiger partial charge in [0.1, 0.15) is 0 Å². The molecule has 1 N–H and O–H groups in total. The number of amides is 1. The third kappa shape index (κ3) is 4.37. The van der Waals surface area contributed by atoms with E-state index >= 15 is 0 Å². The van der Waals surface area contributed by atoms with Crippen LogP contribution in [0.15, 0.2) is 9.02 Å². The second kappa shape index (κ2) is 4.13. The van der Waals surface area contributed by atoms with Crippen molar-refractivity contribution < 1.29 is 4.79 Å². The molecule has 3 heteroatoms. The van der Waals surface area contributed by atoms with Crippen molar-refractivity contribution in [2.45, 2.75) is 13.8 Å². The minimum absolute atomic E-state index is 0.00889. The van der Waals surface area contributed by atoms with Gasteiger partial charge in [-0.15, -0.1) is 0 Å². The van der Waals surface area contributed by atoms with Gasteiger partial charge < -0.3 is 0 Å². The van der Waals surface area contributed by atoms with Crippen LogP contribution in [-0.2, 0) is 4.79 Å². The fourth-order valence-corrected chi connectivity index (χ4v) is 0.494. The average Bonchev–Trinajstić information content (AvgIpc) is 1.65. The zero-order chi connectivity index (χ0) is 6.57. The average molecular weight is 121 g/mol. The Kier molecular flexibility index (Phi) is 4.23. The molecular weight excluding hydrogens is 113 g/mol. The summed E-state index contributed by atoms with van der Waals surface area (Å²) in [5.41, 5.74) is 0.962. The van der Waals surface area contributed by atoms with Crippen LogP contribution in [0.3, 0.4) is 0 Å². The van der Waals surface area contributed by atoms with Crippen molar-refractivity contribution in [1.29, 1.82) is 0 Å².